The first-order valence-corrected chi connectivity index (χ1v) is 13.8. The van der Waals surface area contributed by atoms with Gasteiger partial charge >= 0.3 is 6.09 Å². The average Bonchev–Trinajstić information content (AvgIpc) is 3.19. The number of likely N-dealkylation sites (tertiary alicyclic amines) is 1. The van der Waals surface area contributed by atoms with Crippen LogP contribution in [0.4, 0.5) is 4.79 Å². The third-order valence-electron chi connectivity index (χ3n) is 8.77. The summed E-state index contributed by atoms with van der Waals surface area (Å²) in [4.78, 5) is 19.9. The lowest BCUT2D eigenvalue weighted by atomic mass is 9.86. The van der Waals surface area contributed by atoms with E-state index in [0.29, 0.717) is 30.7 Å². The van der Waals surface area contributed by atoms with Gasteiger partial charge in [-0.2, -0.15) is 0 Å². The van der Waals surface area contributed by atoms with E-state index in [0.717, 1.165) is 77.4 Å². The van der Waals surface area contributed by atoms with E-state index >= 15 is 0 Å². The summed E-state index contributed by atoms with van der Waals surface area (Å²) in [7, 11) is 1.80. The predicted octanol–water partition coefficient (Wildman–Crippen LogP) is 4.25. The van der Waals surface area contributed by atoms with Crippen molar-refractivity contribution in [2.75, 3.05) is 53.1 Å². The number of hydrogen-bond acceptors (Lipinski definition) is 6. The number of hydrogen-bond donors (Lipinski definition) is 0. The van der Waals surface area contributed by atoms with Crippen molar-refractivity contribution in [3.8, 4) is 5.75 Å². The lowest BCUT2D eigenvalue weighted by molar-refractivity contribution is 0.0341. The Kier molecular flexibility index (Phi) is 8.15. The third-order valence-corrected chi connectivity index (χ3v) is 8.77. The molecular weight excluding hydrogens is 442 g/mol. The molecule has 7 nitrogen and oxygen atoms in total. The van der Waals surface area contributed by atoms with Gasteiger partial charge in [0, 0.05) is 37.8 Å². The number of methoxy groups -OCH3 is 1. The van der Waals surface area contributed by atoms with E-state index in [1.165, 1.54) is 30.4 Å². The zero-order valence-electron chi connectivity index (χ0n) is 21.6. The van der Waals surface area contributed by atoms with E-state index in [1.54, 1.807) is 7.11 Å². The van der Waals surface area contributed by atoms with Crippen molar-refractivity contribution < 1.29 is 19.0 Å². The maximum absolute atomic E-state index is 12.6. The van der Waals surface area contributed by atoms with Crippen molar-refractivity contribution in [2.24, 2.45) is 0 Å². The van der Waals surface area contributed by atoms with Crippen molar-refractivity contribution in [2.45, 2.75) is 82.5 Å². The second-order valence-electron chi connectivity index (χ2n) is 10.7. The standard InChI is InChI=1S/C28H43N3O4/c1-3-35-28(32)31-23-5-7-24(19-25(31)8-6-23)30-12-10-22(11-13-30)26-18-21(4-9-27(26)33-2)20-29-14-16-34-17-15-29/h4,9,18,22-25H,3,5-8,10-17,19-20H2,1-2H3/t23-,24?,25+/m0/s1. The van der Waals surface area contributed by atoms with E-state index < -0.39 is 0 Å². The average molecular weight is 486 g/mol. The van der Waals surface area contributed by atoms with Gasteiger partial charge in [-0.1, -0.05) is 12.1 Å². The maximum atomic E-state index is 12.6. The van der Waals surface area contributed by atoms with Crippen LogP contribution in [-0.2, 0) is 16.0 Å². The number of carbonyl (C=O) groups is 1. The zero-order valence-corrected chi connectivity index (χ0v) is 21.6. The lowest BCUT2D eigenvalue weighted by Crippen LogP contribution is -2.44. The maximum Gasteiger partial charge on any atom is 0.410 e. The molecule has 1 aromatic rings. The van der Waals surface area contributed by atoms with Crippen LogP contribution in [0.1, 0.15) is 68.9 Å². The molecule has 1 aromatic carbocycles. The normalized spacial score (nSPS) is 28.6. The molecule has 0 N–H and O–H groups in total. The molecule has 194 valence electrons. The Labute approximate surface area is 210 Å². The van der Waals surface area contributed by atoms with E-state index in [2.05, 4.69) is 32.9 Å². The largest absolute Gasteiger partial charge is 0.496 e. The first-order chi connectivity index (χ1) is 17.2. The Morgan fingerprint density at radius 2 is 1.69 bits per heavy atom. The highest BCUT2D eigenvalue weighted by atomic mass is 16.6. The number of amides is 1. The highest BCUT2D eigenvalue weighted by Crippen LogP contribution is 2.40. The van der Waals surface area contributed by atoms with Gasteiger partial charge in [0.2, 0.25) is 0 Å². The minimum absolute atomic E-state index is 0.0941. The summed E-state index contributed by atoms with van der Waals surface area (Å²) in [6, 6.07) is 8.10. The quantitative estimate of drug-likeness (QED) is 0.601. The molecule has 4 heterocycles. The van der Waals surface area contributed by atoms with Gasteiger partial charge in [-0.3, -0.25) is 4.90 Å². The molecule has 1 amide bonds. The van der Waals surface area contributed by atoms with E-state index in [4.69, 9.17) is 14.2 Å². The number of morpholine rings is 1. The van der Waals surface area contributed by atoms with Gasteiger partial charge < -0.3 is 24.0 Å². The van der Waals surface area contributed by atoms with Crippen LogP contribution in [0.5, 0.6) is 5.75 Å². The predicted molar refractivity (Wildman–Crippen MR) is 136 cm³/mol. The summed E-state index contributed by atoms with van der Waals surface area (Å²) in [6.07, 6.45) is 7.91. The SMILES string of the molecule is CCOC(=O)N1[C@H]2CCC(N3CCC(c4cc(CN5CCOCC5)ccc4OC)CC3)C[C@H]1CC2. The Balaban J connectivity index is 1.20. The molecule has 0 radical (unpaired) electrons. The van der Waals surface area contributed by atoms with Crippen LogP contribution in [0, 0.1) is 0 Å². The van der Waals surface area contributed by atoms with Crippen molar-refractivity contribution in [3.05, 3.63) is 29.3 Å². The summed E-state index contributed by atoms with van der Waals surface area (Å²) in [5, 5.41) is 0. The van der Waals surface area contributed by atoms with E-state index in [-0.39, 0.29) is 6.09 Å². The van der Waals surface area contributed by atoms with Crippen molar-refractivity contribution in [3.63, 3.8) is 0 Å². The van der Waals surface area contributed by atoms with Crippen LogP contribution in [0.3, 0.4) is 0 Å². The molecule has 0 aliphatic carbocycles. The molecule has 2 bridgehead atoms. The molecule has 4 aliphatic heterocycles. The molecular formula is C28H43N3O4. The van der Waals surface area contributed by atoms with Crippen molar-refractivity contribution in [1.29, 1.82) is 0 Å². The first-order valence-electron chi connectivity index (χ1n) is 13.8. The van der Waals surface area contributed by atoms with Crippen LogP contribution in [-0.4, -0.2) is 92.0 Å². The number of fused-ring (bicyclic) bond motifs is 2. The number of piperidine rings is 1. The zero-order chi connectivity index (χ0) is 24.2. The van der Waals surface area contributed by atoms with Crippen molar-refractivity contribution in [1.82, 2.24) is 14.7 Å². The molecule has 4 aliphatic rings. The topological polar surface area (TPSA) is 54.5 Å². The number of ether oxygens (including phenoxy) is 3. The minimum Gasteiger partial charge on any atom is -0.496 e. The molecule has 3 atom stereocenters. The van der Waals surface area contributed by atoms with Crippen LogP contribution >= 0.6 is 0 Å². The smallest absolute Gasteiger partial charge is 0.410 e. The Morgan fingerprint density at radius 1 is 0.971 bits per heavy atom. The minimum atomic E-state index is -0.0941. The van der Waals surface area contributed by atoms with Crippen molar-refractivity contribution >= 4 is 6.09 Å². The fraction of sp³-hybridized carbons (Fsp3) is 0.750. The molecule has 5 rings (SSSR count). The molecule has 0 saturated carbocycles. The molecule has 4 fully saturated rings. The van der Waals surface area contributed by atoms with Gasteiger partial charge in [0.05, 0.1) is 26.9 Å². The number of benzene rings is 1. The second kappa shape index (κ2) is 11.5. The number of carbonyl (C=O) groups excluding carboxylic acids is 1. The summed E-state index contributed by atoms with van der Waals surface area (Å²) in [5.74, 6) is 1.58. The first kappa shape index (κ1) is 24.8. The monoisotopic (exact) mass is 485 g/mol. The highest BCUT2D eigenvalue weighted by Gasteiger charge is 2.43. The van der Waals surface area contributed by atoms with Crippen LogP contribution in [0.2, 0.25) is 0 Å². The van der Waals surface area contributed by atoms with Gasteiger partial charge in [-0.15, -0.1) is 0 Å². The fourth-order valence-corrected chi connectivity index (χ4v) is 6.91. The Bertz CT molecular complexity index is 851. The second-order valence-corrected chi connectivity index (χ2v) is 10.7. The van der Waals surface area contributed by atoms with E-state index in [9.17, 15) is 4.79 Å². The lowest BCUT2D eigenvalue weighted by Gasteiger charge is -2.39. The van der Waals surface area contributed by atoms with Crippen LogP contribution in [0.25, 0.3) is 0 Å². The Morgan fingerprint density at radius 3 is 2.40 bits per heavy atom. The van der Waals surface area contributed by atoms with Gasteiger partial charge in [-0.05, 0) is 88.1 Å². The molecule has 7 heteroatoms. The fourth-order valence-electron chi connectivity index (χ4n) is 6.91. The van der Waals surface area contributed by atoms with Gasteiger partial charge in [0.25, 0.3) is 0 Å². The molecule has 0 aromatic heterocycles. The van der Waals surface area contributed by atoms with Gasteiger partial charge in [-0.25, -0.2) is 4.79 Å². The third kappa shape index (κ3) is 5.62. The van der Waals surface area contributed by atoms with E-state index in [1.807, 2.05) is 6.92 Å². The number of rotatable bonds is 6. The van der Waals surface area contributed by atoms with Gasteiger partial charge in [0.1, 0.15) is 5.75 Å². The highest BCUT2D eigenvalue weighted by molar-refractivity contribution is 5.69. The molecule has 4 saturated heterocycles. The molecule has 35 heavy (non-hydrogen) atoms. The molecule has 0 spiro atoms. The van der Waals surface area contributed by atoms with Crippen LogP contribution < -0.4 is 4.74 Å². The molecule has 1 unspecified atom stereocenters. The summed E-state index contributed by atoms with van der Waals surface area (Å²) < 4.78 is 16.7. The van der Waals surface area contributed by atoms with Crippen LogP contribution in [0.15, 0.2) is 18.2 Å². The summed E-state index contributed by atoms with van der Waals surface area (Å²) >= 11 is 0. The number of nitrogens with zero attached hydrogens (tertiary/aromatic N) is 3. The van der Waals surface area contributed by atoms with Gasteiger partial charge in [0.15, 0.2) is 0 Å². The summed E-state index contributed by atoms with van der Waals surface area (Å²) in [5.41, 5.74) is 2.76. The Hall–Kier alpha value is -1.83. The summed E-state index contributed by atoms with van der Waals surface area (Å²) in [6.45, 7) is 9.30.